The Hall–Kier alpha value is -1.78. The summed E-state index contributed by atoms with van der Waals surface area (Å²) < 4.78 is 56.6. The van der Waals surface area contributed by atoms with E-state index in [2.05, 4.69) is 25.3 Å². The van der Waals surface area contributed by atoms with Gasteiger partial charge < -0.3 is 4.57 Å². The number of hydroxylamine groups is 1. The molecule has 3 rings (SSSR count). The summed E-state index contributed by atoms with van der Waals surface area (Å²) in [6.07, 6.45) is 0.909. The molecule has 194 valence electrons. The van der Waals surface area contributed by atoms with Gasteiger partial charge in [0.15, 0.2) is 0 Å². The molecule has 34 heavy (non-hydrogen) atoms. The second-order valence-corrected chi connectivity index (χ2v) is 11.7. The Labute approximate surface area is 203 Å². The van der Waals surface area contributed by atoms with Crippen molar-refractivity contribution >= 4 is 26.9 Å². The maximum Gasteiger partial charge on any atom is 0.326 e. The summed E-state index contributed by atoms with van der Waals surface area (Å²) >= 11 is 0. The fourth-order valence-corrected chi connectivity index (χ4v) is 5.07. The zero-order valence-electron chi connectivity index (χ0n) is 21.7. The molecule has 0 saturated carbocycles. The molecular formula is C24H40F2N4O3S. The van der Waals surface area contributed by atoms with E-state index in [0.29, 0.717) is 43.7 Å². The van der Waals surface area contributed by atoms with E-state index in [9.17, 15) is 17.2 Å². The number of halogens is 2. The molecule has 10 heteroatoms. The molecule has 0 aliphatic carbocycles. The van der Waals surface area contributed by atoms with E-state index < -0.39 is 16.1 Å². The molecule has 2 aromatic rings. The lowest BCUT2D eigenvalue weighted by molar-refractivity contribution is -0.0285. The van der Waals surface area contributed by atoms with Crippen LogP contribution in [0.1, 0.15) is 73.6 Å². The molecule has 1 aliphatic heterocycles. The average Bonchev–Trinajstić information content (AvgIpc) is 3.41. The molecule has 1 aliphatic rings. The average molecular weight is 503 g/mol. The van der Waals surface area contributed by atoms with Crippen LogP contribution >= 0.6 is 0 Å². The molecule has 1 saturated heterocycles. The van der Waals surface area contributed by atoms with Crippen molar-refractivity contribution in [3.8, 4) is 0 Å². The molecule has 0 spiro atoms. The summed E-state index contributed by atoms with van der Waals surface area (Å²) in [4.78, 5) is 10.1. The molecule has 0 N–H and O–H groups in total. The number of aromatic nitrogens is 2. The Kier molecular flexibility index (Phi) is 9.10. The maximum atomic E-state index is 13.3. The smallest absolute Gasteiger partial charge is 0.326 e. The number of anilines is 1. The zero-order valence-corrected chi connectivity index (χ0v) is 22.5. The van der Waals surface area contributed by atoms with Gasteiger partial charge in [-0.1, -0.05) is 46.0 Å². The quantitative estimate of drug-likeness (QED) is 0.461. The van der Waals surface area contributed by atoms with Crippen molar-refractivity contribution in [1.29, 1.82) is 0 Å². The van der Waals surface area contributed by atoms with Gasteiger partial charge in [0.25, 0.3) is 0 Å². The largest absolute Gasteiger partial charge is 0.327 e. The Morgan fingerprint density at radius 3 is 2.38 bits per heavy atom. The van der Waals surface area contributed by atoms with Crippen LogP contribution in [0.25, 0.3) is 11.0 Å². The van der Waals surface area contributed by atoms with E-state index in [1.165, 1.54) is 11.4 Å². The van der Waals surface area contributed by atoms with Crippen molar-refractivity contribution in [2.24, 2.45) is 5.92 Å². The standard InChI is InChI=1S/C22H34F2N4O3S.C2H6/c1-16(10-11-22(5,23)24)15-27-19-9-8-17(14-18(19)25-20(27)21(2,3)4)26(6)32(29,30)28-12-7-13-31-28;1-2/h8-9,14,16H,7,10-13,15H2,1-6H3;1-2H3. The van der Waals surface area contributed by atoms with Crippen LogP contribution in [-0.2, 0) is 27.0 Å². The van der Waals surface area contributed by atoms with Crippen LogP contribution in [0, 0.1) is 5.92 Å². The van der Waals surface area contributed by atoms with Crippen LogP contribution in [0.4, 0.5) is 14.5 Å². The third kappa shape index (κ3) is 6.66. The third-order valence-electron chi connectivity index (χ3n) is 5.66. The fraction of sp³-hybridized carbons (Fsp3) is 0.708. The highest BCUT2D eigenvalue weighted by Crippen LogP contribution is 2.32. The highest BCUT2D eigenvalue weighted by atomic mass is 32.2. The lowest BCUT2D eigenvalue weighted by atomic mass is 9.95. The topological polar surface area (TPSA) is 67.7 Å². The van der Waals surface area contributed by atoms with E-state index in [1.54, 1.807) is 12.1 Å². The number of hydrogen-bond donors (Lipinski definition) is 0. The van der Waals surface area contributed by atoms with Crippen LogP contribution in [0.5, 0.6) is 0 Å². The molecule has 0 amide bonds. The molecule has 7 nitrogen and oxygen atoms in total. The van der Waals surface area contributed by atoms with E-state index in [4.69, 9.17) is 9.82 Å². The Morgan fingerprint density at radius 1 is 1.21 bits per heavy atom. The first-order valence-corrected chi connectivity index (χ1v) is 13.4. The molecule has 1 atom stereocenters. The van der Waals surface area contributed by atoms with Gasteiger partial charge in [-0.2, -0.15) is 8.42 Å². The highest BCUT2D eigenvalue weighted by molar-refractivity contribution is 7.90. The monoisotopic (exact) mass is 502 g/mol. The predicted octanol–water partition coefficient (Wildman–Crippen LogP) is 5.75. The van der Waals surface area contributed by atoms with Crippen LogP contribution in [0.15, 0.2) is 18.2 Å². The number of rotatable bonds is 8. The molecule has 2 heterocycles. The van der Waals surface area contributed by atoms with Gasteiger partial charge in [0.2, 0.25) is 5.92 Å². The first-order chi connectivity index (χ1) is 15.7. The Morgan fingerprint density at radius 2 is 1.85 bits per heavy atom. The van der Waals surface area contributed by atoms with E-state index >= 15 is 0 Å². The van der Waals surface area contributed by atoms with E-state index in [-0.39, 0.29) is 17.8 Å². The first kappa shape index (κ1) is 28.5. The minimum atomic E-state index is -3.79. The number of imidazole rings is 1. The van der Waals surface area contributed by atoms with Gasteiger partial charge in [0.05, 0.1) is 23.3 Å². The fourth-order valence-electron chi connectivity index (χ4n) is 3.85. The van der Waals surface area contributed by atoms with Gasteiger partial charge in [-0.15, -0.1) is 0 Å². The van der Waals surface area contributed by atoms with Gasteiger partial charge in [-0.3, -0.25) is 9.14 Å². The van der Waals surface area contributed by atoms with Crippen molar-refractivity contribution < 1.29 is 22.0 Å². The van der Waals surface area contributed by atoms with Crippen molar-refractivity contribution in [1.82, 2.24) is 14.0 Å². The summed E-state index contributed by atoms with van der Waals surface area (Å²) in [5.41, 5.74) is 1.74. The third-order valence-corrected chi connectivity index (χ3v) is 7.37. The highest BCUT2D eigenvalue weighted by Gasteiger charge is 2.32. The lowest BCUT2D eigenvalue weighted by Gasteiger charge is -2.24. The number of fused-ring (bicyclic) bond motifs is 1. The van der Waals surface area contributed by atoms with Gasteiger partial charge in [-0.25, -0.2) is 13.8 Å². The number of hydrogen-bond acceptors (Lipinski definition) is 4. The molecule has 0 radical (unpaired) electrons. The van der Waals surface area contributed by atoms with Crippen LogP contribution < -0.4 is 4.31 Å². The summed E-state index contributed by atoms with van der Waals surface area (Å²) in [7, 11) is -2.30. The molecule has 1 fully saturated rings. The van der Waals surface area contributed by atoms with E-state index in [0.717, 1.165) is 22.7 Å². The first-order valence-electron chi connectivity index (χ1n) is 12.0. The predicted molar refractivity (Wildman–Crippen MR) is 133 cm³/mol. The maximum absolute atomic E-state index is 13.3. The second kappa shape index (κ2) is 10.9. The number of benzene rings is 1. The lowest BCUT2D eigenvalue weighted by Crippen LogP contribution is -2.39. The van der Waals surface area contributed by atoms with Gasteiger partial charge in [-0.05, 0) is 43.9 Å². The second-order valence-electron chi connectivity index (χ2n) is 9.87. The van der Waals surface area contributed by atoms with Crippen LogP contribution in [0.2, 0.25) is 0 Å². The van der Waals surface area contributed by atoms with Crippen molar-refractivity contribution in [2.75, 3.05) is 24.5 Å². The van der Waals surface area contributed by atoms with Crippen molar-refractivity contribution in [3.05, 3.63) is 24.0 Å². The molecule has 1 unspecified atom stereocenters. The minimum absolute atomic E-state index is 0.0365. The number of alkyl halides is 2. The van der Waals surface area contributed by atoms with Crippen LogP contribution in [0.3, 0.4) is 0 Å². The summed E-state index contributed by atoms with van der Waals surface area (Å²) in [5, 5.41) is 0. The molecule has 1 aromatic carbocycles. The molecule has 1 aromatic heterocycles. The summed E-state index contributed by atoms with van der Waals surface area (Å²) in [6.45, 7) is 14.3. The molecule has 0 bridgehead atoms. The zero-order chi connectivity index (χ0) is 25.9. The molecular weight excluding hydrogens is 462 g/mol. The normalized spacial score (nSPS) is 16.4. The van der Waals surface area contributed by atoms with Crippen molar-refractivity contribution in [2.45, 2.75) is 85.6 Å². The SMILES string of the molecule is CC.CC(CCC(C)(F)F)Cn1c(C(C)(C)C)nc2cc(N(C)S(=O)(=O)N3CCCO3)ccc21. The van der Waals surface area contributed by atoms with Gasteiger partial charge in [0.1, 0.15) is 5.82 Å². The Balaban J connectivity index is 0.00000199. The summed E-state index contributed by atoms with van der Waals surface area (Å²) in [5.74, 6) is -1.80. The summed E-state index contributed by atoms with van der Waals surface area (Å²) in [6, 6.07) is 5.34. The van der Waals surface area contributed by atoms with Gasteiger partial charge >= 0.3 is 10.2 Å². The van der Waals surface area contributed by atoms with Crippen LogP contribution in [-0.4, -0.2) is 48.6 Å². The minimum Gasteiger partial charge on any atom is -0.327 e. The van der Waals surface area contributed by atoms with E-state index in [1.807, 2.05) is 26.8 Å². The number of nitrogens with zero attached hydrogens (tertiary/aromatic N) is 4. The Bertz CT molecular complexity index is 1050. The van der Waals surface area contributed by atoms with Crippen molar-refractivity contribution in [3.63, 3.8) is 0 Å². The van der Waals surface area contributed by atoms with Gasteiger partial charge in [0, 0.05) is 32.0 Å².